The van der Waals surface area contributed by atoms with Gasteiger partial charge < -0.3 is 28.1 Å². The van der Waals surface area contributed by atoms with Crippen LogP contribution in [-0.2, 0) is 26.5 Å². The van der Waals surface area contributed by atoms with Gasteiger partial charge in [-0.2, -0.15) is 35.2 Å². The molecule has 1 fully saturated rings. The third-order valence-electron chi connectivity index (χ3n) is 1.79. The van der Waals surface area contributed by atoms with E-state index in [0.717, 1.165) is 0 Å². The van der Waals surface area contributed by atoms with E-state index in [4.69, 9.17) is 4.74 Å². The van der Waals surface area contributed by atoms with Crippen LogP contribution in [0.25, 0.3) is 16.0 Å². The molecular weight excluding hydrogens is 330 g/mol. The van der Waals surface area contributed by atoms with Crippen LogP contribution in [0.5, 0.6) is 0 Å². The molecule has 108 valence electrons. The summed E-state index contributed by atoms with van der Waals surface area (Å²) in [5.41, 5.74) is 0. The normalized spacial score (nSPS) is 20.3. The van der Waals surface area contributed by atoms with Crippen molar-refractivity contribution in [2.24, 2.45) is 0 Å². The zero-order chi connectivity index (χ0) is 12.8. The topological polar surface area (TPSA) is 51.5 Å². The quantitative estimate of drug-likeness (QED) is 0.428. The number of hydrogen-bond donors (Lipinski definition) is 0. The van der Waals surface area contributed by atoms with E-state index in [9.17, 15) is 0 Å². The molecule has 2 unspecified atom stereocenters. The molecule has 0 aliphatic heterocycles. The largest absolute Gasteiger partial charge is 4.00 e. The fourth-order valence-electron chi connectivity index (χ4n) is 1.24. The van der Waals surface area contributed by atoms with Gasteiger partial charge in [0, 0.05) is 4.83 Å². The third-order valence-corrected chi connectivity index (χ3v) is 2.84. The van der Waals surface area contributed by atoms with E-state index >= 15 is 0 Å². The minimum Gasteiger partial charge on any atom is -0.668 e. The van der Waals surface area contributed by atoms with Crippen molar-refractivity contribution < 1.29 is 26.5 Å². The maximum atomic E-state index is 5.45. The average molecular weight is 358 g/mol. The van der Waals surface area contributed by atoms with Crippen LogP contribution in [0.1, 0.15) is 19.3 Å². The first-order valence-electron chi connectivity index (χ1n) is 5.44. The van der Waals surface area contributed by atoms with Gasteiger partial charge in [0.25, 0.3) is 0 Å². The minimum atomic E-state index is 0. The molecule has 18 heavy (non-hydrogen) atoms. The van der Waals surface area contributed by atoms with Gasteiger partial charge in [-0.25, -0.2) is 0 Å². The summed E-state index contributed by atoms with van der Waals surface area (Å²) in [5, 5.41) is 10.9. The van der Waals surface area contributed by atoms with Gasteiger partial charge in [-0.1, -0.05) is 15.9 Å². The maximum absolute atomic E-state index is 5.45. The van der Waals surface area contributed by atoms with Crippen molar-refractivity contribution in [3.05, 3.63) is 23.4 Å². The summed E-state index contributed by atoms with van der Waals surface area (Å²) in [6, 6.07) is 0. The molecule has 4 nitrogen and oxygen atoms in total. The number of hydrogen-bond acceptors (Lipinski definition) is 1. The minimum absolute atomic E-state index is 0. The van der Waals surface area contributed by atoms with E-state index in [2.05, 4.69) is 31.9 Å². The van der Waals surface area contributed by atoms with Gasteiger partial charge in [0.15, 0.2) is 0 Å². The van der Waals surface area contributed by atoms with Crippen molar-refractivity contribution in [3.63, 3.8) is 0 Å². The number of halogens is 1. The Bertz CT molecular complexity index is 132. The second-order valence-electron chi connectivity index (χ2n) is 3.49. The standard InChI is InChI=1S/C7H13BrNO.2C2H6N.CH3.Ti/c1-9-5-10-7-4-2-3-6(7)8;2*1-3-2;;/h6-7H,2-5H2,1H3;2*1-2H3;1H3;/q4*-1;+4. The fourth-order valence-corrected chi connectivity index (χ4v) is 1.98. The zero-order valence-electron chi connectivity index (χ0n) is 12.6. The van der Waals surface area contributed by atoms with Crippen molar-refractivity contribution >= 4 is 15.9 Å². The summed E-state index contributed by atoms with van der Waals surface area (Å²) in [6.45, 7) is 0.548. The predicted molar refractivity (Wildman–Crippen MR) is 82.4 cm³/mol. The van der Waals surface area contributed by atoms with E-state index < -0.39 is 0 Å². The van der Waals surface area contributed by atoms with Gasteiger partial charge in [-0.3, -0.25) is 0 Å². The number of rotatable bonds is 3. The smallest absolute Gasteiger partial charge is 0.668 e. The van der Waals surface area contributed by atoms with E-state index in [-0.39, 0.29) is 29.1 Å². The van der Waals surface area contributed by atoms with Crippen molar-refractivity contribution in [2.45, 2.75) is 30.2 Å². The molecule has 6 heteroatoms. The molecule has 0 spiro atoms. The predicted octanol–water partition coefficient (Wildman–Crippen LogP) is 3.97. The second-order valence-corrected chi connectivity index (χ2v) is 4.67. The van der Waals surface area contributed by atoms with Gasteiger partial charge in [0.2, 0.25) is 0 Å². The molecule has 1 aliphatic rings. The molecular formula is C12H28BrN3OTi. The molecule has 0 N–H and O–H groups in total. The van der Waals surface area contributed by atoms with Gasteiger partial charge in [-0.15, -0.1) is 0 Å². The van der Waals surface area contributed by atoms with Gasteiger partial charge >= 0.3 is 21.7 Å². The summed E-state index contributed by atoms with van der Waals surface area (Å²) in [4.78, 5) is 0.564. The second kappa shape index (κ2) is 23.2. The van der Waals surface area contributed by atoms with E-state index in [0.29, 0.717) is 17.7 Å². The first-order valence-corrected chi connectivity index (χ1v) is 6.36. The van der Waals surface area contributed by atoms with Gasteiger partial charge in [0.05, 0.1) is 6.10 Å². The first kappa shape index (κ1) is 27.4. The van der Waals surface area contributed by atoms with E-state index in [1.54, 1.807) is 35.2 Å². The Morgan fingerprint density at radius 2 is 1.50 bits per heavy atom. The molecule has 0 saturated heterocycles. The number of alkyl halides is 1. The Hall–Kier alpha value is 1.03. The number of ether oxygens (including phenoxy) is 1. The summed E-state index contributed by atoms with van der Waals surface area (Å²) in [6.07, 6.45) is 4.12. The maximum Gasteiger partial charge on any atom is 4.00 e. The Morgan fingerprint density at radius 3 is 1.78 bits per heavy atom. The van der Waals surface area contributed by atoms with Crippen LogP contribution in [0.3, 0.4) is 0 Å². The molecule has 0 radical (unpaired) electrons. The zero-order valence-corrected chi connectivity index (χ0v) is 15.8. The number of nitrogens with zero attached hydrogens (tertiary/aromatic N) is 3. The molecule has 1 aliphatic carbocycles. The van der Waals surface area contributed by atoms with Gasteiger partial charge in [0.1, 0.15) is 0 Å². The van der Waals surface area contributed by atoms with Crippen molar-refractivity contribution in [1.29, 1.82) is 0 Å². The Kier molecular flexibility index (Phi) is 35.2. The molecule has 1 rings (SSSR count). The Labute approximate surface area is 137 Å². The van der Waals surface area contributed by atoms with E-state index in [1.807, 2.05) is 0 Å². The van der Waals surface area contributed by atoms with Crippen molar-refractivity contribution in [1.82, 2.24) is 0 Å². The molecule has 1 saturated carbocycles. The van der Waals surface area contributed by atoms with Crippen molar-refractivity contribution in [3.8, 4) is 0 Å². The summed E-state index contributed by atoms with van der Waals surface area (Å²) in [5.74, 6) is 0. The van der Waals surface area contributed by atoms with Crippen molar-refractivity contribution in [2.75, 3.05) is 42.0 Å². The van der Waals surface area contributed by atoms with Crippen LogP contribution in [0.2, 0.25) is 0 Å². The molecule has 2 atom stereocenters. The molecule has 0 amide bonds. The van der Waals surface area contributed by atoms with Crippen LogP contribution in [0.15, 0.2) is 0 Å². The third kappa shape index (κ3) is 19.4. The molecule has 0 aromatic carbocycles. The van der Waals surface area contributed by atoms with Crippen LogP contribution in [0.4, 0.5) is 0 Å². The Morgan fingerprint density at radius 1 is 1.06 bits per heavy atom. The average Bonchev–Trinajstić information content (AvgIpc) is 2.63. The first-order chi connectivity index (χ1) is 7.67. The Balaban J connectivity index is -0.000000106. The molecule has 0 bridgehead atoms. The molecule has 0 aromatic rings. The van der Waals surface area contributed by atoms with Crippen LogP contribution >= 0.6 is 15.9 Å². The van der Waals surface area contributed by atoms with E-state index in [1.165, 1.54) is 19.3 Å². The SMILES string of the molecule is C[N-]C.C[N-]C.C[N-]COC1CCCC1Br.[CH3-].[Ti+4]. The molecule has 0 heterocycles. The van der Waals surface area contributed by atoms with Gasteiger partial charge in [-0.05, 0) is 26.0 Å². The molecule has 0 aromatic heterocycles. The van der Waals surface area contributed by atoms with Crippen LogP contribution in [-0.4, -0.2) is 52.9 Å². The monoisotopic (exact) mass is 357 g/mol. The fraction of sp³-hybridized carbons (Fsp3) is 0.917. The van der Waals surface area contributed by atoms with Crippen LogP contribution in [0, 0.1) is 7.43 Å². The summed E-state index contributed by atoms with van der Waals surface area (Å²) in [7, 11) is 8.78. The van der Waals surface area contributed by atoms with Crippen LogP contribution < -0.4 is 0 Å². The summed E-state index contributed by atoms with van der Waals surface area (Å²) < 4.78 is 5.45. The summed E-state index contributed by atoms with van der Waals surface area (Å²) >= 11 is 3.57.